The molecule has 0 spiro atoms. The summed E-state index contributed by atoms with van der Waals surface area (Å²) >= 11 is 0. The minimum absolute atomic E-state index is 0. The van der Waals surface area contributed by atoms with Crippen molar-refractivity contribution in [2.24, 2.45) is 11.8 Å². The Morgan fingerprint density at radius 3 is 2.33 bits per heavy atom. The van der Waals surface area contributed by atoms with Crippen LogP contribution in [-0.2, 0) is 4.79 Å². The van der Waals surface area contributed by atoms with Crippen molar-refractivity contribution in [2.75, 3.05) is 0 Å². The lowest BCUT2D eigenvalue weighted by Crippen LogP contribution is -2.41. The minimum atomic E-state index is 0. The quantitative estimate of drug-likeness (QED) is 0.844. The first kappa shape index (κ1) is 17.8. The normalized spacial score (nSPS) is 30.1. The van der Waals surface area contributed by atoms with Gasteiger partial charge in [-0.1, -0.05) is 36.8 Å². The summed E-state index contributed by atoms with van der Waals surface area (Å²) in [5.74, 6) is 1.47. The third kappa shape index (κ3) is 3.94. The first-order valence-corrected chi connectivity index (χ1v) is 9.38. The Labute approximate surface area is 151 Å². The van der Waals surface area contributed by atoms with Crippen molar-refractivity contribution >= 4 is 18.3 Å². The van der Waals surface area contributed by atoms with Gasteiger partial charge in [0.25, 0.3) is 0 Å². The Morgan fingerprint density at radius 1 is 1.08 bits per heavy atom. The number of hydrogen-bond acceptors (Lipinski definition) is 2. The van der Waals surface area contributed by atoms with Crippen LogP contribution in [0.15, 0.2) is 30.3 Å². The van der Waals surface area contributed by atoms with Crippen molar-refractivity contribution in [1.82, 2.24) is 10.6 Å². The smallest absolute Gasteiger partial charge is 0.220 e. The van der Waals surface area contributed by atoms with Crippen LogP contribution in [0.25, 0.3) is 0 Å². The van der Waals surface area contributed by atoms with Gasteiger partial charge in [0.05, 0.1) is 6.04 Å². The van der Waals surface area contributed by atoms with E-state index in [1.165, 1.54) is 50.5 Å². The highest BCUT2D eigenvalue weighted by Gasteiger charge is 2.35. The van der Waals surface area contributed by atoms with Crippen LogP contribution in [0.5, 0.6) is 0 Å². The van der Waals surface area contributed by atoms with Crippen LogP contribution in [-0.4, -0.2) is 18.0 Å². The largest absolute Gasteiger partial charge is 0.349 e. The number of fused-ring (bicyclic) bond motifs is 2. The molecule has 2 saturated heterocycles. The molecule has 1 amide bonds. The van der Waals surface area contributed by atoms with E-state index in [2.05, 4.69) is 34.9 Å². The Hall–Kier alpha value is -1.06. The van der Waals surface area contributed by atoms with E-state index in [9.17, 15) is 4.79 Å². The summed E-state index contributed by atoms with van der Waals surface area (Å²) in [5, 5.41) is 7.04. The molecule has 1 aliphatic carbocycles. The van der Waals surface area contributed by atoms with Gasteiger partial charge in [0.15, 0.2) is 0 Å². The van der Waals surface area contributed by atoms with E-state index in [0.29, 0.717) is 30.3 Å². The topological polar surface area (TPSA) is 41.1 Å². The van der Waals surface area contributed by atoms with Crippen molar-refractivity contribution in [3.63, 3.8) is 0 Å². The number of carbonyl (C=O) groups excluding carboxylic acids is 1. The number of nitrogens with one attached hydrogen (secondary N) is 2. The van der Waals surface area contributed by atoms with Gasteiger partial charge < -0.3 is 10.6 Å². The Balaban J connectivity index is 0.00000169. The van der Waals surface area contributed by atoms with E-state index < -0.39 is 0 Å². The highest BCUT2D eigenvalue weighted by Crippen LogP contribution is 2.38. The first-order valence-electron chi connectivity index (χ1n) is 9.38. The lowest BCUT2D eigenvalue weighted by Gasteiger charge is -2.35. The van der Waals surface area contributed by atoms with Gasteiger partial charge in [-0.2, -0.15) is 0 Å². The van der Waals surface area contributed by atoms with Crippen LogP contribution in [0, 0.1) is 11.8 Å². The van der Waals surface area contributed by atoms with Gasteiger partial charge in [0, 0.05) is 18.5 Å². The molecule has 1 aromatic carbocycles. The summed E-state index contributed by atoms with van der Waals surface area (Å²) in [6.45, 7) is 0. The predicted molar refractivity (Wildman–Crippen MR) is 99.2 cm³/mol. The number of carbonyl (C=O) groups is 1. The molecule has 2 aliphatic heterocycles. The van der Waals surface area contributed by atoms with Crippen LogP contribution in [0.1, 0.15) is 63.0 Å². The summed E-state index contributed by atoms with van der Waals surface area (Å²) in [7, 11) is 0. The van der Waals surface area contributed by atoms with Crippen molar-refractivity contribution in [3.8, 4) is 0 Å². The van der Waals surface area contributed by atoms with Crippen molar-refractivity contribution in [3.05, 3.63) is 35.9 Å². The highest BCUT2D eigenvalue weighted by atomic mass is 35.5. The Bertz CT molecular complexity index is 534. The molecule has 3 aliphatic rings. The average Bonchev–Trinajstić information content (AvgIpc) is 2.84. The molecule has 132 valence electrons. The zero-order valence-corrected chi connectivity index (χ0v) is 15.1. The van der Waals surface area contributed by atoms with Gasteiger partial charge in [-0.25, -0.2) is 0 Å². The molecule has 3 unspecified atom stereocenters. The van der Waals surface area contributed by atoms with Gasteiger partial charge in [0.1, 0.15) is 0 Å². The summed E-state index contributed by atoms with van der Waals surface area (Å²) in [6, 6.07) is 12.1. The second kappa shape index (κ2) is 7.88. The maximum absolute atomic E-state index is 12.6. The zero-order chi connectivity index (χ0) is 15.6. The monoisotopic (exact) mass is 348 g/mol. The van der Waals surface area contributed by atoms with E-state index in [0.717, 1.165) is 0 Å². The van der Waals surface area contributed by atoms with Crippen molar-refractivity contribution < 1.29 is 4.79 Å². The number of piperidine rings is 1. The lowest BCUT2D eigenvalue weighted by molar-refractivity contribution is -0.123. The third-order valence-corrected chi connectivity index (χ3v) is 6.14. The fraction of sp³-hybridized carbons (Fsp3) is 0.650. The lowest BCUT2D eigenvalue weighted by atomic mass is 9.77. The van der Waals surface area contributed by atoms with Crippen LogP contribution in [0.3, 0.4) is 0 Å². The molecular formula is C20H29ClN2O. The Morgan fingerprint density at radius 2 is 1.75 bits per heavy atom. The summed E-state index contributed by atoms with van der Waals surface area (Å²) in [4.78, 5) is 12.6. The third-order valence-electron chi connectivity index (χ3n) is 6.14. The fourth-order valence-electron chi connectivity index (χ4n) is 4.74. The maximum atomic E-state index is 12.6. The van der Waals surface area contributed by atoms with E-state index >= 15 is 0 Å². The first-order chi connectivity index (χ1) is 11.3. The van der Waals surface area contributed by atoms with Crippen molar-refractivity contribution in [2.45, 2.75) is 69.5 Å². The molecule has 0 radical (unpaired) electrons. The Kier molecular flexibility index (Phi) is 5.83. The fourth-order valence-corrected chi connectivity index (χ4v) is 4.74. The number of amides is 1. The van der Waals surface area contributed by atoms with E-state index in [-0.39, 0.29) is 24.4 Å². The number of benzene rings is 1. The average molecular weight is 349 g/mol. The second-order valence-corrected chi connectivity index (χ2v) is 7.83. The van der Waals surface area contributed by atoms with Crippen LogP contribution >= 0.6 is 12.4 Å². The van der Waals surface area contributed by atoms with Gasteiger partial charge in [-0.3, -0.25) is 4.79 Å². The zero-order valence-electron chi connectivity index (χ0n) is 14.2. The van der Waals surface area contributed by atoms with Gasteiger partial charge in [-0.05, 0) is 55.9 Å². The molecule has 1 saturated carbocycles. The second-order valence-electron chi connectivity index (χ2n) is 7.83. The van der Waals surface area contributed by atoms with Crippen LogP contribution < -0.4 is 10.6 Å². The minimum Gasteiger partial charge on any atom is -0.349 e. The van der Waals surface area contributed by atoms with E-state index in [1.54, 1.807) is 0 Å². The molecular weight excluding hydrogens is 320 g/mol. The molecule has 3 atom stereocenters. The molecule has 2 N–H and O–H groups in total. The number of rotatable bonds is 5. The molecule has 1 aromatic rings. The van der Waals surface area contributed by atoms with E-state index in [4.69, 9.17) is 0 Å². The predicted octanol–water partition coefficient (Wildman–Crippen LogP) is 3.99. The maximum Gasteiger partial charge on any atom is 0.220 e. The molecule has 3 fully saturated rings. The van der Waals surface area contributed by atoms with Crippen molar-refractivity contribution in [1.29, 1.82) is 0 Å². The number of halogens is 1. The number of hydrogen-bond donors (Lipinski definition) is 2. The molecule has 4 heteroatoms. The molecule has 3 nitrogen and oxygen atoms in total. The van der Waals surface area contributed by atoms with Crippen LogP contribution in [0.4, 0.5) is 0 Å². The van der Waals surface area contributed by atoms with Gasteiger partial charge in [0.2, 0.25) is 5.91 Å². The molecule has 2 heterocycles. The molecule has 24 heavy (non-hydrogen) atoms. The van der Waals surface area contributed by atoms with E-state index in [1.807, 2.05) is 6.07 Å². The summed E-state index contributed by atoms with van der Waals surface area (Å²) in [6.07, 6.45) is 9.49. The molecule has 2 bridgehead atoms. The molecule has 4 rings (SSSR count). The molecule has 0 aromatic heterocycles. The summed E-state index contributed by atoms with van der Waals surface area (Å²) < 4.78 is 0. The standard InChI is InChI=1S/C20H28N2O.ClH/c23-19(13-14-11-17-9-10-18(12-14)21-17)22-20(16-7-4-8-16)15-5-2-1-3-6-15;/h1-3,5-6,14,16-18,20-21H,4,7-13H2,(H,22,23);1H. The van der Waals surface area contributed by atoms with Crippen LogP contribution in [0.2, 0.25) is 0 Å². The van der Waals surface area contributed by atoms with Gasteiger partial charge in [-0.15, -0.1) is 12.4 Å². The highest BCUT2D eigenvalue weighted by molar-refractivity contribution is 5.85. The van der Waals surface area contributed by atoms with Gasteiger partial charge >= 0.3 is 0 Å². The summed E-state index contributed by atoms with van der Waals surface area (Å²) in [5.41, 5.74) is 1.27. The SMILES string of the molecule is Cl.O=C(CC1CC2CCC(C1)N2)NC(c1ccccc1)C1CCC1.